The molecular formula is C21H26F3N7O2S3. The molecule has 0 radical (unpaired) electrons. The van der Waals surface area contributed by atoms with E-state index in [1.807, 2.05) is 32.6 Å². The highest BCUT2D eigenvalue weighted by molar-refractivity contribution is 7.92. The third-order valence-electron chi connectivity index (χ3n) is 5.23. The summed E-state index contributed by atoms with van der Waals surface area (Å²) in [6.07, 6.45) is 0. The van der Waals surface area contributed by atoms with Crippen LogP contribution in [0.3, 0.4) is 0 Å². The Kier molecular flexibility index (Phi) is 8.56. The monoisotopic (exact) mass is 561 g/mol. The fourth-order valence-corrected chi connectivity index (χ4v) is 6.15. The molecule has 0 amide bonds. The van der Waals surface area contributed by atoms with Crippen LogP contribution in [0, 0.1) is 0 Å². The maximum Gasteiger partial charge on any atom is 0.501 e. The first-order valence-electron chi connectivity index (χ1n) is 11.1. The molecule has 0 unspecified atom stereocenters. The van der Waals surface area contributed by atoms with Gasteiger partial charge in [0.05, 0.1) is 10.6 Å². The first kappa shape index (κ1) is 27.8. The summed E-state index contributed by atoms with van der Waals surface area (Å²) in [5, 5.41) is 10.3. The molecule has 15 heteroatoms. The van der Waals surface area contributed by atoms with Crippen LogP contribution in [-0.2, 0) is 9.84 Å². The maximum atomic E-state index is 12.8. The lowest BCUT2D eigenvalue weighted by Gasteiger charge is -2.16. The van der Waals surface area contributed by atoms with E-state index in [2.05, 4.69) is 20.1 Å². The number of aromatic nitrogens is 2. The number of benzene rings is 1. The van der Waals surface area contributed by atoms with Gasteiger partial charge in [0.25, 0.3) is 9.84 Å². The fourth-order valence-electron chi connectivity index (χ4n) is 3.19. The van der Waals surface area contributed by atoms with Crippen molar-refractivity contribution in [3.63, 3.8) is 0 Å². The lowest BCUT2D eigenvalue weighted by molar-refractivity contribution is -0.0436. The first-order valence-corrected chi connectivity index (χ1v) is 14.2. The van der Waals surface area contributed by atoms with Gasteiger partial charge in [0.2, 0.25) is 0 Å². The van der Waals surface area contributed by atoms with Crippen molar-refractivity contribution in [3.05, 3.63) is 24.3 Å². The molecule has 0 aliphatic rings. The predicted molar refractivity (Wildman–Crippen MR) is 139 cm³/mol. The summed E-state index contributed by atoms with van der Waals surface area (Å²) >= 11 is 2.69. The summed E-state index contributed by atoms with van der Waals surface area (Å²) in [7, 11) is -5.44. The van der Waals surface area contributed by atoms with Gasteiger partial charge in [-0.25, -0.2) is 18.4 Å². The van der Waals surface area contributed by atoms with Crippen molar-refractivity contribution in [3.8, 4) is 10.6 Å². The van der Waals surface area contributed by atoms with Crippen molar-refractivity contribution in [2.75, 3.05) is 41.7 Å². The molecule has 0 saturated heterocycles. The quantitative estimate of drug-likeness (QED) is 0.291. The molecule has 0 spiro atoms. The second-order valence-corrected chi connectivity index (χ2v) is 11.2. The van der Waals surface area contributed by atoms with Crippen molar-refractivity contribution < 1.29 is 21.6 Å². The van der Waals surface area contributed by atoms with E-state index < -0.39 is 20.2 Å². The summed E-state index contributed by atoms with van der Waals surface area (Å²) in [5.74, 6) is 0.316. The number of nitrogens with two attached hydrogens (primary N) is 1. The van der Waals surface area contributed by atoms with Crippen LogP contribution >= 0.6 is 22.7 Å². The minimum Gasteiger partial charge on any atom is -0.382 e. The zero-order chi connectivity index (χ0) is 26.7. The summed E-state index contributed by atoms with van der Waals surface area (Å²) in [4.78, 5) is 13.1. The van der Waals surface area contributed by atoms with E-state index >= 15 is 0 Å². The van der Waals surface area contributed by atoms with Crippen LogP contribution in [0.25, 0.3) is 10.6 Å². The molecule has 9 nitrogen and oxygen atoms in total. The highest BCUT2D eigenvalue weighted by atomic mass is 32.2. The van der Waals surface area contributed by atoms with Crippen LogP contribution in [-0.4, -0.2) is 50.1 Å². The number of sulfone groups is 1. The largest absolute Gasteiger partial charge is 0.501 e. The second-order valence-electron chi connectivity index (χ2n) is 7.35. The molecule has 3 aromatic rings. The Labute approximate surface area is 215 Å². The van der Waals surface area contributed by atoms with Crippen molar-refractivity contribution in [1.82, 2.24) is 9.97 Å². The summed E-state index contributed by atoms with van der Waals surface area (Å²) in [5.41, 5.74) is 1.55. The highest BCUT2D eigenvalue weighted by Gasteiger charge is 2.46. The molecule has 2 aromatic heterocycles. The number of alkyl halides is 3. The Hall–Kier alpha value is -2.78. The van der Waals surface area contributed by atoms with E-state index in [-0.39, 0.29) is 5.69 Å². The number of azo groups is 1. The molecule has 0 atom stereocenters. The fraction of sp³-hybridized carbons (Fsp3) is 0.429. The smallest absolute Gasteiger partial charge is 0.382 e. The number of anilines is 3. The molecule has 0 aliphatic carbocycles. The van der Waals surface area contributed by atoms with Gasteiger partial charge in [-0.2, -0.15) is 13.2 Å². The average Bonchev–Trinajstić information content (AvgIpc) is 3.42. The van der Waals surface area contributed by atoms with Gasteiger partial charge in [-0.05, 0) is 52.0 Å². The number of halogens is 3. The van der Waals surface area contributed by atoms with Gasteiger partial charge in [-0.3, -0.25) is 0 Å². The van der Waals surface area contributed by atoms with Crippen LogP contribution in [0.1, 0.15) is 27.7 Å². The van der Waals surface area contributed by atoms with Crippen molar-refractivity contribution in [1.29, 1.82) is 0 Å². The minimum atomic E-state index is -5.44. The molecule has 36 heavy (non-hydrogen) atoms. The van der Waals surface area contributed by atoms with Gasteiger partial charge in [0.1, 0.15) is 16.4 Å². The number of nitrogen functional groups attached to an aromatic ring is 1. The predicted octanol–water partition coefficient (Wildman–Crippen LogP) is 6.25. The Bertz CT molecular complexity index is 1310. The molecule has 1 aromatic carbocycles. The van der Waals surface area contributed by atoms with E-state index in [1.54, 1.807) is 0 Å². The van der Waals surface area contributed by atoms with E-state index in [4.69, 9.17) is 10.7 Å². The number of nitrogens with zero attached hydrogens (tertiary/aromatic N) is 6. The van der Waals surface area contributed by atoms with Gasteiger partial charge in [0.15, 0.2) is 15.3 Å². The third-order valence-corrected chi connectivity index (χ3v) is 8.87. The normalized spacial score (nSPS) is 12.4. The molecule has 0 fully saturated rings. The molecule has 0 aliphatic heterocycles. The van der Waals surface area contributed by atoms with Gasteiger partial charge in [0, 0.05) is 26.2 Å². The molecule has 2 heterocycles. The van der Waals surface area contributed by atoms with Crippen LogP contribution in [0.15, 0.2) is 39.4 Å². The van der Waals surface area contributed by atoms with Crippen LogP contribution in [0.5, 0.6) is 0 Å². The third kappa shape index (κ3) is 5.62. The second kappa shape index (κ2) is 11.1. The van der Waals surface area contributed by atoms with Crippen molar-refractivity contribution in [2.45, 2.75) is 38.1 Å². The zero-order valence-electron chi connectivity index (χ0n) is 20.1. The Morgan fingerprint density at radius 3 is 1.92 bits per heavy atom. The lowest BCUT2D eigenvalue weighted by Crippen LogP contribution is -2.23. The molecule has 3 rings (SSSR count). The van der Waals surface area contributed by atoms with Gasteiger partial charge in [-0.15, -0.1) is 10.2 Å². The lowest BCUT2D eigenvalue weighted by atomic mass is 10.3. The molecule has 0 saturated carbocycles. The summed E-state index contributed by atoms with van der Waals surface area (Å²) < 4.78 is 61.5. The van der Waals surface area contributed by atoms with Gasteiger partial charge in [-0.1, -0.05) is 22.7 Å². The van der Waals surface area contributed by atoms with E-state index in [1.165, 1.54) is 22.7 Å². The Morgan fingerprint density at radius 2 is 1.42 bits per heavy atom. The van der Waals surface area contributed by atoms with E-state index in [0.29, 0.717) is 26.5 Å². The number of hydrogen-bond acceptors (Lipinski definition) is 11. The summed E-state index contributed by atoms with van der Waals surface area (Å²) in [6.45, 7) is 11.0. The average molecular weight is 562 g/mol. The highest BCUT2D eigenvalue weighted by Crippen LogP contribution is 2.46. The van der Waals surface area contributed by atoms with Crippen LogP contribution in [0.4, 0.5) is 39.9 Å². The maximum absolute atomic E-state index is 12.8. The summed E-state index contributed by atoms with van der Waals surface area (Å²) in [6, 6.07) is 4.02. The molecule has 2 N–H and O–H groups in total. The topological polar surface area (TPSA) is 117 Å². The first-order chi connectivity index (χ1) is 17.0. The van der Waals surface area contributed by atoms with E-state index in [9.17, 15) is 21.6 Å². The molecule has 0 bridgehead atoms. The zero-order valence-corrected chi connectivity index (χ0v) is 22.5. The Morgan fingerprint density at radius 1 is 0.889 bits per heavy atom. The SMILES string of the molecule is CCN(CC)c1nc(-c2sc(N(CC)CC)nc2N)c(N=Nc2ccc(S(=O)(=O)C(F)(F)F)cc2)s1. The molecule has 196 valence electrons. The van der Waals surface area contributed by atoms with Crippen LogP contribution in [0.2, 0.25) is 0 Å². The minimum absolute atomic E-state index is 0.181. The van der Waals surface area contributed by atoms with Crippen LogP contribution < -0.4 is 15.5 Å². The van der Waals surface area contributed by atoms with Crippen molar-refractivity contribution in [2.24, 2.45) is 10.2 Å². The Balaban J connectivity index is 2.02. The number of hydrogen-bond donors (Lipinski definition) is 1. The van der Waals surface area contributed by atoms with E-state index in [0.717, 1.165) is 55.6 Å². The standard InChI is InChI=1S/C21H26F3N7O2S3/c1-5-30(6-2)19-26-15(16-17(25)27-20(34-16)31(7-3)8-4)18(35-19)29-28-13-9-11-14(12-10-13)36(32,33)21(22,23)24/h9-12H,5-8,25H2,1-4H3. The number of thiazole rings is 2. The van der Waals surface area contributed by atoms with Crippen molar-refractivity contribution >= 4 is 59.3 Å². The number of rotatable bonds is 10. The van der Waals surface area contributed by atoms with Gasteiger partial charge < -0.3 is 15.5 Å². The molecular weight excluding hydrogens is 535 g/mol. The van der Waals surface area contributed by atoms with Gasteiger partial charge >= 0.3 is 5.51 Å².